The summed E-state index contributed by atoms with van der Waals surface area (Å²) in [5.74, 6) is 0.715. The van der Waals surface area contributed by atoms with Gasteiger partial charge in [-0.2, -0.15) is 0 Å². The smallest absolute Gasteiger partial charge is 0.0271 e. The molecule has 1 aliphatic rings. The van der Waals surface area contributed by atoms with Crippen LogP contribution in [0.3, 0.4) is 0 Å². The monoisotopic (exact) mass is 240 g/mol. The highest BCUT2D eigenvalue weighted by Gasteiger charge is 2.37. The summed E-state index contributed by atoms with van der Waals surface area (Å²) < 4.78 is 0. The summed E-state index contributed by atoms with van der Waals surface area (Å²) in [5, 5.41) is 3.45. The standard InChI is InChI=1S/C13H26N2.C2H6/c1-6-15(5)8-7-14-11(2)12-9-13(3,4)10-12;1-2/h12,14H,2,6-10H2,1,3-5H3;1-2H3. The van der Waals surface area contributed by atoms with Crippen molar-refractivity contribution < 1.29 is 0 Å². The molecule has 0 saturated heterocycles. The van der Waals surface area contributed by atoms with E-state index in [9.17, 15) is 0 Å². The van der Waals surface area contributed by atoms with Crippen LogP contribution in [-0.2, 0) is 0 Å². The maximum Gasteiger partial charge on any atom is 0.0271 e. The van der Waals surface area contributed by atoms with Gasteiger partial charge < -0.3 is 10.2 Å². The predicted molar refractivity (Wildman–Crippen MR) is 78.2 cm³/mol. The molecule has 0 amide bonds. The molecule has 0 unspecified atom stereocenters. The summed E-state index contributed by atoms with van der Waals surface area (Å²) in [7, 11) is 2.15. The lowest BCUT2D eigenvalue weighted by molar-refractivity contribution is 0.118. The van der Waals surface area contributed by atoms with Gasteiger partial charge in [-0.05, 0) is 37.8 Å². The van der Waals surface area contributed by atoms with E-state index in [0.717, 1.165) is 19.6 Å². The van der Waals surface area contributed by atoms with E-state index in [2.05, 4.69) is 44.6 Å². The molecule has 0 bridgehead atoms. The Morgan fingerprint density at radius 3 is 2.29 bits per heavy atom. The van der Waals surface area contributed by atoms with E-state index in [0.29, 0.717) is 11.3 Å². The molecule has 1 aliphatic carbocycles. The Labute approximate surface area is 108 Å². The zero-order valence-corrected chi connectivity index (χ0v) is 12.8. The van der Waals surface area contributed by atoms with Crippen molar-refractivity contribution in [3.8, 4) is 0 Å². The molecule has 102 valence electrons. The quantitative estimate of drug-likeness (QED) is 0.764. The van der Waals surface area contributed by atoms with Crippen LogP contribution in [0.1, 0.15) is 47.5 Å². The lowest BCUT2D eigenvalue weighted by Gasteiger charge is -2.43. The van der Waals surface area contributed by atoms with Gasteiger partial charge in [0.05, 0.1) is 0 Å². The van der Waals surface area contributed by atoms with Crippen molar-refractivity contribution in [2.24, 2.45) is 11.3 Å². The first-order chi connectivity index (χ1) is 7.94. The molecule has 0 radical (unpaired) electrons. The van der Waals surface area contributed by atoms with E-state index in [-0.39, 0.29) is 0 Å². The van der Waals surface area contributed by atoms with E-state index < -0.39 is 0 Å². The molecular weight excluding hydrogens is 208 g/mol. The van der Waals surface area contributed by atoms with E-state index in [1.54, 1.807) is 0 Å². The fraction of sp³-hybridized carbons (Fsp3) is 0.867. The van der Waals surface area contributed by atoms with Crippen LogP contribution in [-0.4, -0.2) is 31.6 Å². The van der Waals surface area contributed by atoms with Crippen molar-refractivity contribution in [2.45, 2.75) is 47.5 Å². The minimum absolute atomic E-state index is 0.551. The number of hydrogen-bond acceptors (Lipinski definition) is 2. The Morgan fingerprint density at radius 1 is 1.35 bits per heavy atom. The van der Waals surface area contributed by atoms with Gasteiger partial charge in [0.15, 0.2) is 0 Å². The molecule has 1 fully saturated rings. The molecule has 1 rings (SSSR count). The lowest BCUT2D eigenvalue weighted by atomic mass is 9.63. The Bertz CT molecular complexity index is 213. The van der Waals surface area contributed by atoms with Gasteiger partial charge in [0, 0.05) is 18.8 Å². The van der Waals surface area contributed by atoms with Crippen LogP contribution in [0.25, 0.3) is 0 Å². The maximum absolute atomic E-state index is 4.14. The Balaban J connectivity index is 0.00000121. The van der Waals surface area contributed by atoms with E-state index in [4.69, 9.17) is 0 Å². The topological polar surface area (TPSA) is 15.3 Å². The van der Waals surface area contributed by atoms with Gasteiger partial charge in [-0.3, -0.25) is 0 Å². The van der Waals surface area contributed by atoms with Crippen molar-refractivity contribution in [1.29, 1.82) is 0 Å². The molecule has 2 nitrogen and oxygen atoms in total. The Kier molecular flexibility index (Phi) is 7.53. The van der Waals surface area contributed by atoms with Gasteiger partial charge in [-0.15, -0.1) is 0 Å². The summed E-state index contributed by atoms with van der Waals surface area (Å²) in [6.07, 6.45) is 2.59. The molecule has 0 heterocycles. The maximum atomic E-state index is 4.14. The van der Waals surface area contributed by atoms with E-state index in [1.165, 1.54) is 18.5 Å². The molecular formula is C15H32N2. The SMILES string of the molecule is C=C(NCCN(C)CC)C1CC(C)(C)C1.CC. The molecule has 0 spiro atoms. The van der Waals surface area contributed by atoms with Gasteiger partial charge in [-0.1, -0.05) is 41.2 Å². The van der Waals surface area contributed by atoms with Gasteiger partial charge >= 0.3 is 0 Å². The molecule has 2 heteroatoms. The minimum atomic E-state index is 0.551. The number of hydrogen-bond donors (Lipinski definition) is 1. The molecule has 0 aromatic rings. The third-order valence-corrected chi connectivity index (χ3v) is 3.48. The number of nitrogens with one attached hydrogen (secondary N) is 1. The summed E-state index contributed by atoms with van der Waals surface area (Å²) in [6, 6.07) is 0. The van der Waals surface area contributed by atoms with Crippen LogP contribution in [0.2, 0.25) is 0 Å². The van der Waals surface area contributed by atoms with Crippen LogP contribution >= 0.6 is 0 Å². The van der Waals surface area contributed by atoms with Crippen LogP contribution < -0.4 is 5.32 Å². The number of allylic oxidation sites excluding steroid dienone is 1. The first-order valence-electron chi connectivity index (χ1n) is 7.06. The van der Waals surface area contributed by atoms with Crippen molar-refractivity contribution in [1.82, 2.24) is 10.2 Å². The van der Waals surface area contributed by atoms with Gasteiger partial charge in [0.2, 0.25) is 0 Å². The average Bonchev–Trinajstić information content (AvgIpc) is 2.28. The Morgan fingerprint density at radius 2 is 1.88 bits per heavy atom. The molecule has 1 N–H and O–H groups in total. The fourth-order valence-corrected chi connectivity index (χ4v) is 2.23. The highest BCUT2D eigenvalue weighted by Crippen LogP contribution is 2.46. The van der Waals surface area contributed by atoms with Crippen molar-refractivity contribution >= 4 is 0 Å². The normalized spacial score (nSPS) is 18.1. The second-order valence-corrected chi connectivity index (χ2v) is 5.62. The van der Waals surface area contributed by atoms with E-state index in [1.807, 2.05) is 13.8 Å². The Hall–Kier alpha value is -0.500. The third kappa shape index (κ3) is 6.11. The zero-order chi connectivity index (χ0) is 13.5. The molecule has 0 aromatic carbocycles. The largest absolute Gasteiger partial charge is 0.387 e. The van der Waals surface area contributed by atoms with Crippen molar-refractivity contribution in [3.05, 3.63) is 12.3 Å². The molecule has 17 heavy (non-hydrogen) atoms. The second kappa shape index (κ2) is 7.75. The van der Waals surface area contributed by atoms with Gasteiger partial charge in [-0.25, -0.2) is 0 Å². The fourth-order valence-electron chi connectivity index (χ4n) is 2.23. The summed E-state index contributed by atoms with van der Waals surface area (Å²) >= 11 is 0. The second-order valence-electron chi connectivity index (χ2n) is 5.62. The summed E-state index contributed by atoms with van der Waals surface area (Å²) in [5.41, 5.74) is 1.80. The summed E-state index contributed by atoms with van der Waals surface area (Å²) in [4.78, 5) is 2.31. The number of rotatable bonds is 6. The first kappa shape index (κ1) is 16.5. The van der Waals surface area contributed by atoms with Crippen LogP contribution in [0.15, 0.2) is 12.3 Å². The molecule has 0 aromatic heterocycles. The van der Waals surface area contributed by atoms with Gasteiger partial charge in [0.1, 0.15) is 0 Å². The average molecular weight is 240 g/mol. The zero-order valence-electron chi connectivity index (χ0n) is 12.8. The summed E-state index contributed by atoms with van der Waals surface area (Å²) in [6.45, 7) is 18.2. The molecule has 0 aliphatic heterocycles. The van der Waals surface area contributed by atoms with Crippen molar-refractivity contribution in [3.63, 3.8) is 0 Å². The number of likely N-dealkylation sites (N-methyl/N-ethyl adjacent to an activating group) is 1. The van der Waals surface area contributed by atoms with Crippen LogP contribution in [0.5, 0.6) is 0 Å². The lowest BCUT2D eigenvalue weighted by Crippen LogP contribution is -2.38. The minimum Gasteiger partial charge on any atom is -0.387 e. The van der Waals surface area contributed by atoms with Crippen LogP contribution in [0, 0.1) is 11.3 Å². The first-order valence-corrected chi connectivity index (χ1v) is 7.06. The highest BCUT2D eigenvalue weighted by molar-refractivity contribution is 5.06. The molecule has 0 atom stereocenters. The van der Waals surface area contributed by atoms with E-state index >= 15 is 0 Å². The van der Waals surface area contributed by atoms with Crippen molar-refractivity contribution in [2.75, 3.05) is 26.7 Å². The molecule has 1 saturated carbocycles. The van der Waals surface area contributed by atoms with Crippen LogP contribution in [0.4, 0.5) is 0 Å². The van der Waals surface area contributed by atoms with Gasteiger partial charge in [0.25, 0.3) is 0 Å². The highest BCUT2D eigenvalue weighted by atomic mass is 15.1. The third-order valence-electron chi connectivity index (χ3n) is 3.48. The number of nitrogens with zero attached hydrogens (tertiary/aromatic N) is 1. The predicted octanol–water partition coefficient (Wildman–Crippen LogP) is 3.50.